The Morgan fingerprint density at radius 2 is 1.23 bits per heavy atom. The highest BCUT2D eigenvalue weighted by Gasteiger charge is 2.14. The fourth-order valence-electron chi connectivity index (χ4n) is 3.13. The molecule has 0 aliphatic rings. The van der Waals surface area contributed by atoms with Crippen molar-refractivity contribution in [1.29, 1.82) is 0 Å². The zero-order valence-corrected chi connectivity index (χ0v) is 23.9. The van der Waals surface area contributed by atoms with Crippen LogP contribution >= 0.6 is 11.6 Å². The maximum Gasteiger partial charge on any atom is 0.257 e. The second-order valence-corrected chi connectivity index (χ2v) is 9.30. The van der Waals surface area contributed by atoms with Gasteiger partial charge in [-0.05, 0) is 61.4 Å². The van der Waals surface area contributed by atoms with Crippen molar-refractivity contribution in [3.63, 3.8) is 0 Å². The summed E-state index contributed by atoms with van der Waals surface area (Å²) < 4.78 is 0. The molecule has 2 heterocycles. The first kappa shape index (κ1) is 30.8. The number of nitrogen functional groups attached to an aromatic ring is 1. The molecule has 0 fully saturated rings. The summed E-state index contributed by atoms with van der Waals surface area (Å²) in [6.45, 7) is 4.01. The topological polar surface area (TPSA) is 104 Å². The molecule has 8 nitrogen and oxygen atoms in total. The van der Waals surface area contributed by atoms with Gasteiger partial charge < -0.3 is 20.9 Å². The molecule has 39 heavy (non-hydrogen) atoms. The van der Waals surface area contributed by atoms with Crippen LogP contribution in [0.25, 0.3) is 0 Å². The highest BCUT2D eigenvalue weighted by molar-refractivity contribution is 6.32. The lowest BCUT2D eigenvalue weighted by atomic mass is 10.2. The Bertz CT molecular complexity index is 1370. The Kier molecular flexibility index (Phi) is 11.9. The Hall–Kier alpha value is -4.43. The smallest absolute Gasteiger partial charge is 0.257 e. The molecule has 2 aromatic carbocycles. The van der Waals surface area contributed by atoms with Crippen molar-refractivity contribution < 1.29 is 9.59 Å². The number of carbonyl (C=O) groups excluding carboxylic acids is 2. The van der Waals surface area contributed by atoms with Crippen molar-refractivity contribution >= 4 is 40.6 Å². The predicted molar refractivity (Wildman–Crippen MR) is 160 cm³/mol. The van der Waals surface area contributed by atoms with E-state index in [0.717, 1.165) is 22.5 Å². The lowest BCUT2D eigenvalue weighted by molar-refractivity contribution is 0.0820. The number of benzene rings is 2. The van der Waals surface area contributed by atoms with Gasteiger partial charge in [-0.1, -0.05) is 48.0 Å². The van der Waals surface area contributed by atoms with Crippen LogP contribution in [-0.4, -0.2) is 59.8 Å². The number of carbonyl (C=O) groups is 2. The number of aromatic nitrogens is 2. The van der Waals surface area contributed by atoms with Gasteiger partial charge in [0, 0.05) is 52.0 Å². The molecular formula is C30H35ClN6O2. The standard InChI is InChI=1S/C15H17N3O.C8H9ClN2O.C7H9N/c1-11-7-4-5-9-13(11)17-14-12(8-6-10-16-14)15(19)18(2)3;1-11(2)8(12)6-4-3-5-10-7(6)9;1-6-4-2-3-5-7(6)8/h4-10H,1-3H3,(H,16,17);3-5H,1-2H3;2-5H,8H2,1H3. The fourth-order valence-corrected chi connectivity index (χ4v) is 3.33. The molecule has 3 N–H and O–H groups in total. The van der Waals surface area contributed by atoms with E-state index in [-0.39, 0.29) is 17.0 Å². The quantitative estimate of drug-likeness (QED) is 0.246. The van der Waals surface area contributed by atoms with Crippen LogP contribution in [-0.2, 0) is 0 Å². The number of hydrogen-bond donors (Lipinski definition) is 2. The maximum atomic E-state index is 12.1. The van der Waals surface area contributed by atoms with Crippen LogP contribution in [0.1, 0.15) is 31.8 Å². The third-order valence-corrected chi connectivity index (χ3v) is 5.73. The molecule has 0 saturated heterocycles. The number of rotatable bonds is 4. The normalized spacial score (nSPS) is 9.72. The van der Waals surface area contributed by atoms with Crippen molar-refractivity contribution in [3.8, 4) is 0 Å². The van der Waals surface area contributed by atoms with Gasteiger partial charge in [0.1, 0.15) is 11.0 Å². The number of pyridine rings is 2. The van der Waals surface area contributed by atoms with Crippen molar-refractivity contribution in [2.24, 2.45) is 0 Å². The van der Waals surface area contributed by atoms with Gasteiger partial charge in [-0.25, -0.2) is 9.97 Å². The number of anilines is 3. The molecule has 2 aromatic heterocycles. The minimum Gasteiger partial charge on any atom is -0.399 e. The summed E-state index contributed by atoms with van der Waals surface area (Å²) in [7, 11) is 6.80. The Morgan fingerprint density at radius 1 is 0.718 bits per heavy atom. The zero-order chi connectivity index (χ0) is 28.9. The first-order valence-corrected chi connectivity index (χ1v) is 12.5. The number of hydrogen-bond acceptors (Lipinski definition) is 6. The van der Waals surface area contributed by atoms with Crippen molar-refractivity contribution in [2.45, 2.75) is 13.8 Å². The Labute approximate surface area is 235 Å². The van der Waals surface area contributed by atoms with Crippen LogP contribution in [0.15, 0.2) is 85.2 Å². The molecule has 204 valence electrons. The molecule has 0 bridgehead atoms. The average molecular weight is 547 g/mol. The van der Waals surface area contributed by atoms with Crippen molar-refractivity contribution in [2.75, 3.05) is 39.2 Å². The molecule has 0 unspecified atom stereocenters. The molecule has 2 amide bonds. The van der Waals surface area contributed by atoms with Crippen LogP contribution in [0.2, 0.25) is 5.15 Å². The van der Waals surface area contributed by atoms with Crippen LogP contribution in [0, 0.1) is 13.8 Å². The molecule has 0 aliphatic carbocycles. The summed E-state index contributed by atoms with van der Waals surface area (Å²) in [5.41, 5.74) is 10.6. The monoisotopic (exact) mass is 546 g/mol. The van der Waals surface area contributed by atoms with E-state index >= 15 is 0 Å². The molecule has 0 spiro atoms. The Balaban J connectivity index is 0.000000227. The predicted octanol–water partition coefficient (Wildman–Crippen LogP) is 5.85. The summed E-state index contributed by atoms with van der Waals surface area (Å²) >= 11 is 5.70. The molecular weight excluding hydrogens is 512 g/mol. The van der Waals surface area contributed by atoms with E-state index in [4.69, 9.17) is 17.3 Å². The summed E-state index contributed by atoms with van der Waals surface area (Å²) in [5.74, 6) is 0.382. The van der Waals surface area contributed by atoms with Gasteiger partial charge in [0.15, 0.2) is 0 Å². The minimum absolute atomic E-state index is 0.0656. The third kappa shape index (κ3) is 9.43. The van der Waals surface area contributed by atoms with Crippen LogP contribution in [0.3, 0.4) is 0 Å². The van der Waals surface area contributed by atoms with Gasteiger partial charge in [0.05, 0.1) is 11.1 Å². The van der Waals surface area contributed by atoms with Gasteiger partial charge in [-0.2, -0.15) is 0 Å². The fraction of sp³-hybridized carbons (Fsp3) is 0.200. The van der Waals surface area contributed by atoms with Crippen molar-refractivity contribution in [1.82, 2.24) is 19.8 Å². The van der Waals surface area contributed by atoms with Crippen LogP contribution in [0.5, 0.6) is 0 Å². The second kappa shape index (κ2) is 15.1. The molecule has 0 atom stereocenters. The number of aryl methyl sites for hydroxylation is 2. The molecule has 4 aromatic rings. The van der Waals surface area contributed by atoms with E-state index in [2.05, 4.69) is 15.3 Å². The number of nitrogens with two attached hydrogens (primary N) is 1. The summed E-state index contributed by atoms with van der Waals surface area (Å²) in [5, 5.41) is 3.46. The lowest BCUT2D eigenvalue weighted by Gasteiger charge is -2.15. The van der Waals surface area contributed by atoms with Crippen molar-refractivity contribution in [3.05, 3.63) is 113 Å². The second-order valence-electron chi connectivity index (χ2n) is 8.94. The number of nitrogens with one attached hydrogen (secondary N) is 1. The van der Waals surface area contributed by atoms with E-state index in [1.54, 1.807) is 69.7 Å². The maximum absolute atomic E-state index is 12.1. The summed E-state index contributed by atoms with van der Waals surface area (Å²) in [6.07, 6.45) is 3.22. The van der Waals surface area contributed by atoms with Gasteiger partial charge in [-0.3, -0.25) is 9.59 Å². The number of halogens is 1. The Morgan fingerprint density at radius 3 is 1.74 bits per heavy atom. The lowest BCUT2D eigenvalue weighted by Crippen LogP contribution is -2.23. The van der Waals surface area contributed by atoms with Crippen LogP contribution in [0.4, 0.5) is 17.2 Å². The number of amides is 2. The molecule has 9 heteroatoms. The first-order chi connectivity index (χ1) is 18.5. The van der Waals surface area contributed by atoms with Gasteiger partial charge >= 0.3 is 0 Å². The van der Waals surface area contributed by atoms with Gasteiger partial charge in [0.2, 0.25) is 0 Å². The highest BCUT2D eigenvalue weighted by atomic mass is 35.5. The summed E-state index contributed by atoms with van der Waals surface area (Å²) in [6, 6.07) is 22.6. The average Bonchev–Trinajstić information content (AvgIpc) is 2.92. The van der Waals surface area contributed by atoms with E-state index in [0.29, 0.717) is 16.9 Å². The summed E-state index contributed by atoms with van der Waals surface area (Å²) in [4.78, 5) is 34.5. The van der Waals surface area contributed by atoms with Gasteiger partial charge in [-0.15, -0.1) is 0 Å². The highest BCUT2D eigenvalue weighted by Crippen LogP contribution is 2.22. The first-order valence-electron chi connectivity index (χ1n) is 12.2. The third-order valence-electron chi connectivity index (χ3n) is 5.43. The largest absolute Gasteiger partial charge is 0.399 e. The van der Waals surface area contributed by atoms with E-state index in [1.807, 2.05) is 62.4 Å². The van der Waals surface area contributed by atoms with E-state index in [9.17, 15) is 9.59 Å². The SMILES string of the molecule is CN(C)C(=O)c1cccnc1Cl.Cc1ccccc1N.Cc1ccccc1Nc1ncccc1C(=O)N(C)C. The number of nitrogens with zero attached hydrogens (tertiary/aromatic N) is 4. The van der Waals surface area contributed by atoms with E-state index < -0.39 is 0 Å². The van der Waals surface area contributed by atoms with Gasteiger partial charge in [0.25, 0.3) is 11.8 Å². The number of para-hydroxylation sites is 2. The zero-order valence-electron chi connectivity index (χ0n) is 23.1. The molecule has 4 rings (SSSR count). The molecule has 0 radical (unpaired) electrons. The molecule has 0 aliphatic heterocycles. The van der Waals surface area contributed by atoms with E-state index in [1.165, 1.54) is 4.90 Å². The molecule has 0 saturated carbocycles. The minimum atomic E-state index is -0.131. The van der Waals surface area contributed by atoms with Crippen LogP contribution < -0.4 is 11.1 Å².